The van der Waals surface area contributed by atoms with Gasteiger partial charge in [0.2, 0.25) is 0 Å². The Morgan fingerprint density at radius 3 is 2.79 bits per heavy atom. The number of thioether (sulfide) groups is 1. The Kier molecular flexibility index (Phi) is 4.24. The zero-order chi connectivity index (χ0) is 14.0. The lowest BCUT2D eigenvalue weighted by Crippen LogP contribution is -2.40. The molecular weight excluding hydrogens is 306 g/mol. The van der Waals surface area contributed by atoms with Gasteiger partial charge < -0.3 is 9.90 Å². The fourth-order valence-corrected chi connectivity index (χ4v) is 2.94. The topological polar surface area (TPSA) is 60.4 Å². The molecule has 0 aliphatic carbocycles. The summed E-state index contributed by atoms with van der Waals surface area (Å²) < 4.78 is 0.201. The van der Waals surface area contributed by atoms with Gasteiger partial charge in [-0.15, -0.1) is 0 Å². The van der Waals surface area contributed by atoms with Gasteiger partial charge in [-0.3, -0.25) is 9.69 Å². The minimum atomic E-state index is -1.35. The van der Waals surface area contributed by atoms with E-state index in [2.05, 4.69) is 0 Å². The van der Waals surface area contributed by atoms with Crippen LogP contribution in [0.2, 0.25) is 5.02 Å². The van der Waals surface area contributed by atoms with Crippen LogP contribution in [0.4, 0.5) is 0 Å². The molecule has 1 heterocycles. The fraction of sp³-hybridized carbons (Fsp3) is 0.0833. The summed E-state index contributed by atoms with van der Waals surface area (Å²) in [5.74, 6) is -1.80. The molecule has 1 saturated heterocycles. The number of nitrogens with zero attached hydrogens (tertiary/aromatic N) is 1. The van der Waals surface area contributed by atoms with Crippen LogP contribution < -0.4 is 5.11 Å². The van der Waals surface area contributed by atoms with E-state index in [1.807, 2.05) is 0 Å². The van der Waals surface area contributed by atoms with Crippen molar-refractivity contribution in [3.63, 3.8) is 0 Å². The van der Waals surface area contributed by atoms with Crippen molar-refractivity contribution in [2.45, 2.75) is 0 Å². The predicted octanol–water partition coefficient (Wildman–Crippen LogP) is 1.29. The second-order valence-electron chi connectivity index (χ2n) is 3.66. The predicted molar refractivity (Wildman–Crippen MR) is 76.3 cm³/mol. The SMILES string of the molecule is O=C([O-])CN1C(=O)/C(=C/c2ccccc2Cl)SC1=S. The molecular formula is C12H7ClNO3S2-. The van der Waals surface area contributed by atoms with E-state index in [-0.39, 0.29) is 4.32 Å². The minimum absolute atomic E-state index is 0.201. The van der Waals surface area contributed by atoms with Crippen LogP contribution in [0.1, 0.15) is 5.56 Å². The largest absolute Gasteiger partial charge is 0.548 e. The number of carboxylic acid groups (broad SMARTS) is 1. The van der Waals surface area contributed by atoms with Crippen LogP contribution in [0.25, 0.3) is 6.08 Å². The van der Waals surface area contributed by atoms with Crippen molar-refractivity contribution in [1.29, 1.82) is 0 Å². The molecule has 98 valence electrons. The van der Waals surface area contributed by atoms with Crippen LogP contribution in [0.5, 0.6) is 0 Å². The molecule has 0 atom stereocenters. The molecule has 0 radical (unpaired) electrons. The second-order valence-corrected chi connectivity index (χ2v) is 5.74. The monoisotopic (exact) mass is 312 g/mol. The molecule has 7 heteroatoms. The van der Waals surface area contributed by atoms with Crippen LogP contribution in [-0.4, -0.2) is 27.6 Å². The summed E-state index contributed by atoms with van der Waals surface area (Å²) in [6.07, 6.45) is 1.59. The summed E-state index contributed by atoms with van der Waals surface area (Å²) in [5, 5.41) is 11.1. The third-order valence-electron chi connectivity index (χ3n) is 2.35. The molecule has 4 nitrogen and oxygen atoms in total. The summed E-state index contributed by atoms with van der Waals surface area (Å²) in [6.45, 7) is -0.537. The van der Waals surface area contributed by atoms with Gasteiger partial charge in [0.25, 0.3) is 5.91 Å². The first-order chi connectivity index (χ1) is 8.99. The Hall–Kier alpha value is -1.37. The van der Waals surface area contributed by atoms with E-state index in [1.54, 1.807) is 30.3 Å². The van der Waals surface area contributed by atoms with Crippen molar-refractivity contribution in [2.24, 2.45) is 0 Å². The molecule has 1 amide bonds. The summed E-state index contributed by atoms with van der Waals surface area (Å²) in [5.41, 5.74) is 0.679. The molecule has 1 aromatic rings. The standard InChI is InChI=1S/C12H8ClNO3S2/c13-8-4-2-1-3-7(8)5-9-11(17)14(6-10(15)16)12(18)19-9/h1-5H,6H2,(H,15,16)/p-1/b9-5-. The van der Waals surface area contributed by atoms with Gasteiger partial charge in [-0.05, 0) is 17.7 Å². The molecule has 1 aliphatic rings. The van der Waals surface area contributed by atoms with Crippen molar-refractivity contribution in [3.05, 3.63) is 39.8 Å². The molecule has 0 bridgehead atoms. The Bertz CT molecular complexity index is 600. The lowest BCUT2D eigenvalue weighted by Gasteiger charge is -2.14. The number of carboxylic acids is 1. The minimum Gasteiger partial charge on any atom is -0.548 e. The first-order valence-corrected chi connectivity index (χ1v) is 6.79. The highest BCUT2D eigenvalue weighted by Gasteiger charge is 2.31. The number of carbonyl (C=O) groups excluding carboxylic acids is 2. The van der Waals surface area contributed by atoms with E-state index in [1.165, 1.54) is 0 Å². The Balaban J connectivity index is 2.28. The van der Waals surface area contributed by atoms with E-state index in [0.29, 0.717) is 15.5 Å². The van der Waals surface area contributed by atoms with Crippen LogP contribution in [0.3, 0.4) is 0 Å². The summed E-state index contributed by atoms with van der Waals surface area (Å²) in [7, 11) is 0. The molecule has 0 unspecified atom stereocenters. The second kappa shape index (κ2) is 5.73. The van der Waals surface area contributed by atoms with Gasteiger partial charge in [0.1, 0.15) is 4.32 Å². The third kappa shape index (κ3) is 3.15. The molecule has 2 rings (SSSR count). The quantitative estimate of drug-likeness (QED) is 0.622. The number of thiocarbonyl (C=S) groups is 1. The number of rotatable bonds is 3. The maximum atomic E-state index is 12.0. The molecule has 0 spiro atoms. The van der Waals surface area contributed by atoms with E-state index >= 15 is 0 Å². The molecule has 1 aromatic carbocycles. The smallest absolute Gasteiger partial charge is 0.266 e. The molecule has 0 saturated carbocycles. The van der Waals surface area contributed by atoms with Gasteiger partial charge in [0.15, 0.2) is 0 Å². The lowest BCUT2D eigenvalue weighted by molar-refractivity contribution is -0.305. The number of benzene rings is 1. The number of carbonyl (C=O) groups is 2. The van der Waals surface area contributed by atoms with Crippen molar-refractivity contribution in [1.82, 2.24) is 4.90 Å². The van der Waals surface area contributed by atoms with E-state index < -0.39 is 18.4 Å². The number of amides is 1. The highest BCUT2D eigenvalue weighted by atomic mass is 35.5. The van der Waals surface area contributed by atoms with Crippen LogP contribution >= 0.6 is 35.6 Å². The molecule has 0 aromatic heterocycles. The number of halogens is 1. The summed E-state index contributed by atoms with van der Waals surface area (Å²) in [4.78, 5) is 23.9. The summed E-state index contributed by atoms with van der Waals surface area (Å²) >= 11 is 12.0. The summed E-state index contributed by atoms with van der Waals surface area (Å²) in [6, 6.07) is 7.03. The first kappa shape index (κ1) is 14.0. The van der Waals surface area contributed by atoms with Crippen LogP contribution in [-0.2, 0) is 9.59 Å². The normalized spacial score (nSPS) is 17.3. The van der Waals surface area contributed by atoms with Gasteiger partial charge in [-0.2, -0.15) is 0 Å². The number of hydrogen-bond acceptors (Lipinski definition) is 5. The van der Waals surface area contributed by atoms with Crippen molar-refractivity contribution in [2.75, 3.05) is 6.54 Å². The zero-order valence-electron chi connectivity index (χ0n) is 9.46. The Morgan fingerprint density at radius 2 is 2.16 bits per heavy atom. The van der Waals surface area contributed by atoms with E-state index in [4.69, 9.17) is 23.8 Å². The molecule has 1 aliphatic heterocycles. The zero-order valence-corrected chi connectivity index (χ0v) is 11.8. The molecule has 1 fully saturated rings. The van der Waals surface area contributed by atoms with E-state index in [0.717, 1.165) is 16.7 Å². The third-order valence-corrected chi connectivity index (χ3v) is 4.07. The maximum absolute atomic E-state index is 12.0. The van der Waals surface area contributed by atoms with Gasteiger partial charge in [-0.25, -0.2) is 0 Å². The number of hydrogen-bond donors (Lipinski definition) is 0. The van der Waals surface area contributed by atoms with Crippen molar-refractivity contribution in [3.8, 4) is 0 Å². The number of aliphatic carboxylic acids is 1. The van der Waals surface area contributed by atoms with Crippen molar-refractivity contribution >= 4 is 57.9 Å². The Morgan fingerprint density at radius 1 is 1.47 bits per heavy atom. The average molecular weight is 313 g/mol. The van der Waals surface area contributed by atoms with Crippen LogP contribution in [0.15, 0.2) is 29.2 Å². The van der Waals surface area contributed by atoms with Gasteiger partial charge in [0.05, 0.1) is 17.4 Å². The molecule has 19 heavy (non-hydrogen) atoms. The van der Waals surface area contributed by atoms with Gasteiger partial charge in [0, 0.05) is 5.02 Å². The highest BCUT2D eigenvalue weighted by Crippen LogP contribution is 2.33. The van der Waals surface area contributed by atoms with E-state index in [9.17, 15) is 14.7 Å². The first-order valence-electron chi connectivity index (χ1n) is 5.19. The highest BCUT2D eigenvalue weighted by molar-refractivity contribution is 8.26. The van der Waals surface area contributed by atoms with Crippen molar-refractivity contribution < 1.29 is 14.7 Å². The Labute approximate surface area is 124 Å². The fourth-order valence-electron chi connectivity index (χ4n) is 1.50. The van der Waals surface area contributed by atoms with Crippen LogP contribution in [0, 0.1) is 0 Å². The van der Waals surface area contributed by atoms with Gasteiger partial charge in [-0.1, -0.05) is 53.8 Å². The molecule has 0 N–H and O–H groups in total. The van der Waals surface area contributed by atoms with Gasteiger partial charge >= 0.3 is 0 Å². The lowest BCUT2D eigenvalue weighted by atomic mass is 10.2. The maximum Gasteiger partial charge on any atom is 0.266 e. The average Bonchev–Trinajstić information content (AvgIpc) is 2.60.